The fourth-order valence-electron chi connectivity index (χ4n) is 1.47. The van der Waals surface area contributed by atoms with Gasteiger partial charge in [-0.3, -0.25) is 9.78 Å². The summed E-state index contributed by atoms with van der Waals surface area (Å²) in [6.07, 6.45) is 3.43. The molecule has 0 bridgehead atoms. The maximum absolute atomic E-state index is 13.3. The Hall–Kier alpha value is -2.03. The molecule has 0 saturated carbocycles. The molecule has 0 aliphatic rings. The minimum absolute atomic E-state index is 0.138. The van der Waals surface area contributed by atoms with E-state index in [1.165, 1.54) is 12.1 Å². The predicted molar refractivity (Wildman–Crippen MR) is 58.7 cm³/mol. The average molecular weight is 215 g/mol. The molecule has 0 aliphatic carbocycles. The summed E-state index contributed by atoms with van der Waals surface area (Å²) >= 11 is 0. The van der Waals surface area contributed by atoms with Gasteiger partial charge in [-0.1, -0.05) is 12.1 Å². The molecule has 80 valence electrons. The van der Waals surface area contributed by atoms with Crippen LogP contribution in [0.4, 0.5) is 4.39 Å². The fraction of sp³-hybridized carbons (Fsp3) is 0.0769. The van der Waals surface area contributed by atoms with Crippen molar-refractivity contribution in [3.05, 3.63) is 65.7 Å². The van der Waals surface area contributed by atoms with E-state index in [0.717, 1.165) is 5.56 Å². The summed E-state index contributed by atoms with van der Waals surface area (Å²) in [6, 6.07) is 9.51. The Morgan fingerprint density at radius 3 is 2.50 bits per heavy atom. The first-order chi connectivity index (χ1) is 7.77. The smallest absolute Gasteiger partial charge is 0.170 e. The molecule has 1 heterocycles. The highest BCUT2D eigenvalue weighted by Gasteiger charge is 2.10. The van der Waals surface area contributed by atoms with Gasteiger partial charge < -0.3 is 0 Å². The Morgan fingerprint density at radius 2 is 1.81 bits per heavy atom. The van der Waals surface area contributed by atoms with E-state index in [0.29, 0.717) is 0 Å². The normalized spacial score (nSPS) is 10.1. The number of rotatable bonds is 3. The second-order valence-corrected chi connectivity index (χ2v) is 3.44. The molecule has 0 aliphatic heterocycles. The molecular weight excluding hydrogens is 205 g/mol. The third-order valence-electron chi connectivity index (χ3n) is 2.29. The van der Waals surface area contributed by atoms with Gasteiger partial charge in [0.05, 0.1) is 5.56 Å². The van der Waals surface area contributed by atoms with E-state index >= 15 is 0 Å². The van der Waals surface area contributed by atoms with Crippen molar-refractivity contribution in [3.8, 4) is 0 Å². The molecule has 3 heteroatoms. The van der Waals surface area contributed by atoms with Gasteiger partial charge in [-0.2, -0.15) is 0 Å². The maximum atomic E-state index is 13.3. The maximum Gasteiger partial charge on any atom is 0.170 e. The highest BCUT2D eigenvalue weighted by molar-refractivity contribution is 5.97. The third-order valence-corrected chi connectivity index (χ3v) is 2.29. The molecule has 2 rings (SSSR count). The molecule has 0 spiro atoms. The number of nitrogens with zero attached hydrogens (tertiary/aromatic N) is 1. The number of aromatic nitrogens is 1. The van der Waals surface area contributed by atoms with Crippen molar-refractivity contribution in [1.82, 2.24) is 4.98 Å². The minimum atomic E-state index is -0.471. The Balaban J connectivity index is 2.19. The monoisotopic (exact) mass is 215 g/mol. The summed E-state index contributed by atoms with van der Waals surface area (Å²) in [6.45, 7) is 0. The van der Waals surface area contributed by atoms with E-state index < -0.39 is 5.82 Å². The van der Waals surface area contributed by atoms with Gasteiger partial charge >= 0.3 is 0 Å². The van der Waals surface area contributed by atoms with Crippen LogP contribution in [0.5, 0.6) is 0 Å². The highest BCUT2D eigenvalue weighted by atomic mass is 19.1. The van der Waals surface area contributed by atoms with Gasteiger partial charge in [0.2, 0.25) is 0 Å². The molecule has 2 nitrogen and oxygen atoms in total. The van der Waals surface area contributed by atoms with Crippen LogP contribution in [-0.4, -0.2) is 10.8 Å². The molecule has 0 atom stereocenters. The van der Waals surface area contributed by atoms with Gasteiger partial charge in [0.1, 0.15) is 5.82 Å². The van der Waals surface area contributed by atoms with Gasteiger partial charge in [0.25, 0.3) is 0 Å². The first kappa shape index (κ1) is 10.5. The van der Waals surface area contributed by atoms with Crippen molar-refractivity contribution in [1.29, 1.82) is 0 Å². The summed E-state index contributed by atoms with van der Waals surface area (Å²) in [5, 5.41) is 0. The summed E-state index contributed by atoms with van der Waals surface area (Å²) in [5.41, 5.74) is 0.975. The molecule has 0 saturated heterocycles. The fourth-order valence-corrected chi connectivity index (χ4v) is 1.47. The van der Waals surface area contributed by atoms with E-state index in [9.17, 15) is 9.18 Å². The Kier molecular flexibility index (Phi) is 3.05. The largest absolute Gasteiger partial charge is 0.294 e. The van der Waals surface area contributed by atoms with Gasteiger partial charge in [-0.15, -0.1) is 0 Å². The average Bonchev–Trinajstić information content (AvgIpc) is 2.31. The van der Waals surface area contributed by atoms with Crippen molar-refractivity contribution < 1.29 is 9.18 Å². The van der Waals surface area contributed by atoms with Gasteiger partial charge in [-0.05, 0) is 29.8 Å². The van der Waals surface area contributed by atoms with Crippen LogP contribution in [0.1, 0.15) is 15.9 Å². The zero-order chi connectivity index (χ0) is 11.4. The number of carbonyl (C=O) groups excluding carboxylic acids is 1. The number of Topliss-reactive ketones (excluding diaryl/α,β-unsaturated/α-hetero) is 1. The first-order valence-electron chi connectivity index (χ1n) is 4.94. The van der Waals surface area contributed by atoms with Gasteiger partial charge in [0.15, 0.2) is 5.78 Å². The number of halogens is 1. The molecule has 1 aromatic carbocycles. The number of ketones is 1. The zero-order valence-electron chi connectivity index (χ0n) is 8.56. The SMILES string of the molecule is O=C(Cc1ccncc1)c1ccccc1F. The number of hydrogen-bond donors (Lipinski definition) is 0. The summed E-state index contributed by atoms with van der Waals surface area (Å²) in [5.74, 6) is -0.689. The summed E-state index contributed by atoms with van der Waals surface area (Å²) in [7, 11) is 0. The second-order valence-electron chi connectivity index (χ2n) is 3.44. The lowest BCUT2D eigenvalue weighted by Crippen LogP contribution is -2.05. The number of benzene rings is 1. The molecule has 0 fully saturated rings. The lowest BCUT2D eigenvalue weighted by atomic mass is 10.0. The van der Waals surface area contributed by atoms with Crippen LogP contribution in [0, 0.1) is 5.82 Å². The van der Waals surface area contributed by atoms with Crippen LogP contribution >= 0.6 is 0 Å². The summed E-state index contributed by atoms with van der Waals surface area (Å²) in [4.78, 5) is 15.6. The number of carbonyl (C=O) groups is 1. The zero-order valence-corrected chi connectivity index (χ0v) is 8.56. The predicted octanol–water partition coefficient (Wildman–Crippen LogP) is 2.65. The van der Waals surface area contributed by atoms with Crippen LogP contribution in [0.25, 0.3) is 0 Å². The molecule has 0 amide bonds. The van der Waals surface area contributed by atoms with Crippen molar-refractivity contribution in [2.24, 2.45) is 0 Å². The van der Waals surface area contributed by atoms with E-state index in [1.54, 1.807) is 36.7 Å². The third kappa shape index (κ3) is 2.31. The molecule has 0 N–H and O–H groups in total. The van der Waals surface area contributed by atoms with Crippen LogP contribution < -0.4 is 0 Å². The van der Waals surface area contributed by atoms with Crippen LogP contribution in [-0.2, 0) is 6.42 Å². The molecule has 1 aromatic heterocycles. The van der Waals surface area contributed by atoms with Crippen LogP contribution in [0.2, 0.25) is 0 Å². The molecule has 2 aromatic rings. The van der Waals surface area contributed by atoms with Crippen molar-refractivity contribution >= 4 is 5.78 Å². The minimum Gasteiger partial charge on any atom is -0.294 e. The van der Waals surface area contributed by atoms with Crippen molar-refractivity contribution in [2.45, 2.75) is 6.42 Å². The lowest BCUT2D eigenvalue weighted by Gasteiger charge is -2.02. The molecule has 0 unspecified atom stereocenters. The van der Waals surface area contributed by atoms with Gasteiger partial charge in [0, 0.05) is 18.8 Å². The number of pyridine rings is 1. The highest BCUT2D eigenvalue weighted by Crippen LogP contribution is 2.10. The van der Waals surface area contributed by atoms with E-state index in [2.05, 4.69) is 4.98 Å². The second kappa shape index (κ2) is 4.66. The van der Waals surface area contributed by atoms with Crippen molar-refractivity contribution in [2.75, 3.05) is 0 Å². The van der Waals surface area contributed by atoms with Gasteiger partial charge in [-0.25, -0.2) is 4.39 Å². The van der Waals surface area contributed by atoms with E-state index in [1.807, 2.05) is 0 Å². The Bertz CT molecular complexity index is 496. The Labute approximate surface area is 92.8 Å². The standard InChI is InChI=1S/C13H10FNO/c14-12-4-2-1-3-11(12)13(16)9-10-5-7-15-8-6-10/h1-8H,9H2. The first-order valence-corrected chi connectivity index (χ1v) is 4.94. The lowest BCUT2D eigenvalue weighted by molar-refractivity contribution is 0.0989. The van der Waals surface area contributed by atoms with E-state index in [4.69, 9.17) is 0 Å². The number of hydrogen-bond acceptors (Lipinski definition) is 2. The topological polar surface area (TPSA) is 30.0 Å². The summed E-state index contributed by atoms with van der Waals surface area (Å²) < 4.78 is 13.3. The molecule has 0 radical (unpaired) electrons. The Morgan fingerprint density at radius 1 is 1.12 bits per heavy atom. The molecule has 16 heavy (non-hydrogen) atoms. The molecular formula is C13H10FNO. The quantitative estimate of drug-likeness (QED) is 0.737. The van der Waals surface area contributed by atoms with Crippen molar-refractivity contribution in [3.63, 3.8) is 0 Å². The van der Waals surface area contributed by atoms with E-state index in [-0.39, 0.29) is 17.8 Å². The van der Waals surface area contributed by atoms with Crippen LogP contribution in [0.15, 0.2) is 48.8 Å². The van der Waals surface area contributed by atoms with Crippen LogP contribution in [0.3, 0.4) is 0 Å².